The van der Waals surface area contributed by atoms with E-state index in [9.17, 15) is 14.4 Å². The first-order valence-electron chi connectivity index (χ1n) is 14.4. The van der Waals surface area contributed by atoms with E-state index >= 15 is 0 Å². The largest absolute Gasteiger partial charge is 0.460 e. The number of amides is 1. The molecule has 206 valence electrons. The molecular formula is C29H56N2O4. The second-order valence-electron chi connectivity index (χ2n) is 11.1. The molecule has 0 aromatic heterocycles. The number of hydrogen-bond donors (Lipinski definition) is 2. The van der Waals surface area contributed by atoms with Crippen LogP contribution < -0.4 is 11.1 Å². The monoisotopic (exact) mass is 496 g/mol. The third-order valence-electron chi connectivity index (χ3n) is 6.23. The number of hydrogen-bond acceptors (Lipinski definition) is 5. The van der Waals surface area contributed by atoms with Crippen molar-refractivity contribution in [3.05, 3.63) is 0 Å². The van der Waals surface area contributed by atoms with Crippen molar-refractivity contribution in [2.24, 2.45) is 5.73 Å². The molecule has 1 unspecified atom stereocenters. The lowest BCUT2D eigenvalue weighted by Gasteiger charge is -2.19. The molecule has 0 saturated carbocycles. The molecule has 3 N–H and O–H groups in total. The van der Waals surface area contributed by atoms with Crippen LogP contribution in [0, 0.1) is 0 Å². The molecular weight excluding hydrogens is 440 g/mol. The van der Waals surface area contributed by atoms with Crippen molar-refractivity contribution in [3.63, 3.8) is 0 Å². The Balaban J connectivity index is 3.43. The third kappa shape index (κ3) is 24.1. The van der Waals surface area contributed by atoms with E-state index in [1.807, 2.05) is 20.8 Å². The van der Waals surface area contributed by atoms with Crippen molar-refractivity contribution in [2.45, 2.75) is 161 Å². The normalized spacial score (nSPS) is 12.4. The van der Waals surface area contributed by atoms with E-state index in [1.54, 1.807) is 6.92 Å². The highest BCUT2D eigenvalue weighted by molar-refractivity contribution is 5.87. The standard InChI is InChI=1S/C29H56N2O4/c1-25(32)26(21-19-20-24-30)31-27(33)22-17-15-13-11-9-7-5-6-8-10-12-14-16-18-23-28(34)35-29(2,3)4/h26H,5-24,30H2,1-4H3,(H,31,33). The van der Waals surface area contributed by atoms with Crippen molar-refractivity contribution in [2.75, 3.05) is 6.54 Å². The molecule has 0 heterocycles. The predicted octanol–water partition coefficient (Wildman–Crippen LogP) is 6.77. The fourth-order valence-electron chi connectivity index (χ4n) is 4.21. The number of carbonyl (C=O) groups excluding carboxylic acids is 3. The molecule has 0 aromatic rings. The number of unbranched alkanes of at least 4 members (excludes halogenated alkanes) is 14. The minimum Gasteiger partial charge on any atom is -0.460 e. The Hall–Kier alpha value is -1.43. The molecule has 0 rings (SSSR count). The van der Waals surface area contributed by atoms with Crippen LogP contribution in [0.5, 0.6) is 0 Å². The van der Waals surface area contributed by atoms with Crippen LogP contribution in [0.25, 0.3) is 0 Å². The van der Waals surface area contributed by atoms with Gasteiger partial charge in [-0.3, -0.25) is 14.4 Å². The van der Waals surface area contributed by atoms with E-state index in [0.29, 0.717) is 25.8 Å². The van der Waals surface area contributed by atoms with Crippen LogP contribution in [0.15, 0.2) is 0 Å². The number of rotatable bonds is 23. The number of esters is 1. The summed E-state index contributed by atoms with van der Waals surface area (Å²) in [6.07, 6.45) is 20.3. The molecule has 0 radical (unpaired) electrons. The highest BCUT2D eigenvalue weighted by Gasteiger charge is 2.16. The second-order valence-corrected chi connectivity index (χ2v) is 11.1. The first-order valence-corrected chi connectivity index (χ1v) is 14.4. The first kappa shape index (κ1) is 33.6. The Morgan fingerprint density at radius 1 is 0.686 bits per heavy atom. The lowest BCUT2D eigenvalue weighted by atomic mass is 10.0. The van der Waals surface area contributed by atoms with Crippen LogP contribution in [0.4, 0.5) is 0 Å². The lowest BCUT2D eigenvalue weighted by molar-refractivity contribution is -0.154. The smallest absolute Gasteiger partial charge is 0.306 e. The van der Waals surface area contributed by atoms with Gasteiger partial charge in [0.1, 0.15) is 5.60 Å². The topological polar surface area (TPSA) is 98.5 Å². The van der Waals surface area contributed by atoms with E-state index < -0.39 is 0 Å². The number of ketones is 1. The molecule has 1 amide bonds. The Labute approximate surface area is 215 Å². The Morgan fingerprint density at radius 3 is 1.51 bits per heavy atom. The minimum absolute atomic E-state index is 0.000916. The van der Waals surface area contributed by atoms with Gasteiger partial charge in [0, 0.05) is 12.8 Å². The average molecular weight is 497 g/mol. The molecule has 0 aliphatic rings. The van der Waals surface area contributed by atoms with Crippen molar-refractivity contribution in [3.8, 4) is 0 Å². The van der Waals surface area contributed by atoms with Gasteiger partial charge in [0.15, 0.2) is 5.78 Å². The van der Waals surface area contributed by atoms with E-state index in [2.05, 4.69) is 5.32 Å². The SMILES string of the molecule is CC(=O)C(CCCCN)NC(=O)CCCCCCCCCCCCCCCCC(=O)OC(C)(C)C. The molecule has 1 atom stereocenters. The molecule has 0 aromatic carbocycles. The Morgan fingerprint density at radius 2 is 1.11 bits per heavy atom. The molecule has 0 aliphatic carbocycles. The number of ether oxygens (including phenoxy) is 1. The van der Waals surface area contributed by atoms with E-state index in [1.165, 1.54) is 64.2 Å². The third-order valence-corrected chi connectivity index (χ3v) is 6.23. The predicted molar refractivity (Wildman–Crippen MR) is 145 cm³/mol. The number of Topliss-reactive ketones (excluding diaryl/α,β-unsaturated/α-hetero) is 1. The average Bonchev–Trinajstić information content (AvgIpc) is 2.76. The zero-order valence-corrected chi connectivity index (χ0v) is 23.4. The summed E-state index contributed by atoms with van der Waals surface area (Å²) >= 11 is 0. The molecule has 0 aliphatic heterocycles. The molecule has 6 heteroatoms. The second kappa shape index (κ2) is 21.8. The molecule has 35 heavy (non-hydrogen) atoms. The molecule has 6 nitrogen and oxygen atoms in total. The quantitative estimate of drug-likeness (QED) is 0.120. The van der Waals surface area contributed by atoms with Gasteiger partial charge in [0.05, 0.1) is 6.04 Å². The Kier molecular flexibility index (Phi) is 20.9. The summed E-state index contributed by atoms with van der Waals surface area (Å²) in [5.41, 5.74) is 5.12. The lowest BCUT2D eigenvalue weighted by Crippen LogP contribution is -2.39. The summed E-state index contributed by atoms with van der Waals surface area (Å²) in [4.78, 5) is 35.4. The molecule has 0 fully saturated rings. The maximum absolute atomic E-state index is 12.1. The van der Waals surface area contributed by atoms with Gasteiger partial charge >= 0.3 is 5.97 Å². The summed E-state index contributed by atoms with van der Waals surface area (Å²) in [6.45, 7) is 7.90. The van der Waals surface area contributed by atoms with Crippen LogP contribution in [-0.4, -0.2) is 35.8 Å². The molecule has 0 spiro atoms. The Bertz CT molecular complexity index is 557. The minimum atomic E-state index is -0.373. The van der Waals surface area contributed by atoms with Gasteiger partial charge in [-0.15, -0.1) is 0 Å². The van der Waals surface area contributed by atoms with Crippen molar-refractivity contribution < 1.29 is 19.1 Å². The van der Waals surface area contributed by atoms with E-state index in [4.69, 9.17) is 10.5 Å². The highest BCUT2D eigenvalue weighted by Crippen LogP contribution is 2.15. The summed E-state index contributed by atoms with van der Waals surface area (Å²) in [5.74, 6) is -0.0397. The van der Waals surface area contributed by atoms with Crippen LogP contribution >= 0.6 is 0 Å². The van der Waals surface area contributed by atoms with E-state index in [-0.39, 0.29) is 29.3 Å². The fourth-order valence-corrected chi connectivity index (χ4v) is 4.21. The van der Waals surface area contributed by atoms with Crippen LogP contribution in [0.3, 0.4) is 0 Å². The zero-order chi connectivity index (χ0) is 26.4. The highest BCUT2D eigenvalue weighted by atomic mass is 16.6. The summed E-state index contributed by atoms with van der Waals surface area (Å²) in [6, 6.07) is -0.349. The summed E-state index contributed by atoms with van der Waals surface area (Å²) in [5, 5.41) is 2.89. The van der Waals surface area contributed by atoms with Gasteiger partial charge in [-0.2, -0.15) is 0 Å². The first-order chi connectivity index (χ1) is 16.7. The van der Waals surface area contributed by atoms with Gasteiger partial charge in [-0.25, -0.2) is 0 Å². The fraction of sp³-hybridized carbons (Fsp3) is 0.897. The zero-order valence-electron chi connectivity index (χ0n) is 23.4. The molecule has 0 bridgehead atoms. The maximum atomic E-state index is 12.1. The van der Waals surface area contributed by atoms with E-state index in [0.717, 1.165) is 38.5 Å². The summed E-state index contributed by atoms with van der Waals surface area (Å²) < 4.78 is 5.33. The maximum Gasteiger partial charge on any atom is 0.306 e. The van der Waals surface area contributed by atoms with Crippen LogP contribution in [0.1, 0.15) is 150 Å². The van der Waals surface area contributed by atoms with Crippen LogP contribution in [-0.2, 0) is 19.1 Å². The number of nitrogens with two attached hydrogens (primary N) is 1. The van der Waals surface area contributed by atoms with Crippen molar-refractivity contribution in [1.29, 1.82) is 0 Å². The number of carbonyl (C=O) groups is 3. The van der Waals surface area contributed by atoms with Gasteiger partial charge in [-0.05, 0) is 66.3 Å². The van der Waals surface area contributed by atoms with Gasteiger partial charge in [-0.1, -0.05) is 77.0 Å². The van der Waals surface area contributed by atoms with Crippen molar-refractivity contribution >= 4 is 17.7 Å². The number of nitrogens with one attached hydrogen (secondary N) is 1. The summed E-state index contributed by atoms with van der Waals surface area (Å²) in [7, 11) is 0. The van der Waals surface area contributed by atoms with Crippen LogP contribution in [0.2, 0.25) is 0 Å². The van der Waals surface area contributed by atoms with Gasteiger partial charge in [0.25, 0.3) is 0 Å². The molecule has 0 saturated heterocycles. The van der Waals surface area contributed by atoms with Gasteiger partial charge < -0.3 is 15.8 Å². The van der Waals surface area contributed by atoms with Crippen molar-refractivity contribution in [1.82, 2.24) is 5.32 Å². The van der Waals surface area contributed by atoms with Gasteiger partial charge in [0.2, 0.25) is 5.91 Å².